The van der Waals surface area contributed by atoms with Crippen LogP contribution in [-0.4, -0.2) is 37.5 Å². The molecule has 0 radical (unpaired) electrons. The van der Waals surface area contributed by atoms with Crippen LogP contribution in [-0.2, 0) is 10.1 Å². The molecule has 0 aliphatic carbocycles. The quantitative estimate of drug-likeness (QED) is 0.240. The standard InChI is InChI=1S/C7H13F2P2.CHF3O3S.H3P/c1-4-11(3,5-2)7-6-10(8)9;2-1(3,4)8(5,6)7;/h4-5H2,1-3H3;(H,5,6,7);1H3/q+1;;/p-1. The van der Waals surface area contributed by atoms with Crippen molar-refractivity contribution < 1.29 is 34.5 Å². The molecule has 0 amide bonds. The molecule has 0 aliphatic heterocycles. The summed E-state index contributed by atoms with van der Waals surface area (Å²) in [6, 6.07) is 0. The van der Waals surface area contributed by atoms with E-state index in [0.29, 0.717) is 0 Å². The van der Waals surface area contributed by atoms with Gasteiger partial charge in [0.05, 0.1) is 31.9 Å². The summed E-state index contributed by atoms with van der Waals surface area (Å²) in [5.41, 5.74) is -0.892. The molecule has 0 saturated carbocycles. The summed E-state index contributed by atoms with van der Waals surface area (Å²) in [5.74, 6) is 0. The molecule has 0 bridgehead atoms. The van der Waals surface area contributed by atoms with Crippen LogP contribution in [0.3, 0.4) is 0 Å². The molecule has 0 spiro atoms. The third-order valence-electron chi connectivity index (χ3n) is 2.08. The van der Waals surface area contributed by atoms with Crippen LogP contribution in [0, 0.1) is 11.3 Å². The molecule has 3 nitrogen and oxygen atoms in total. The van der Waals surface area contributed by atoms with Crippen LogP contribution in [0.5, 0.6) is 0 Å². The van der Waals surface area contributed by atoms with Gasteiger partial charge in [0, 0.05) is 5.66 Å². The van der Waals surface area contributed by atoms with E-state index < -0.39 is 31.4 Å². The zero-order valence-corrected chi connectivity index (χ0v) is 15.1. The molecule has 1 atom stereocenters. The number of alkyl halides is 3. The normalized spacial score (nSPS) is 11.7. The predicted octanol–water partition coefficient (Wildman–Crippen LogP) is 3.95. The molecule has 0 aliphatic rings. The van der Waals surface area contributed by atoms with E-state index in [9.17, 15) is 21.6 Å². The van der Waals surface area contributed by atoms with E-state index in [-0.39, 0.29) is 9.90 Å². The summed E-state index contributed by atoms with van der Waals surface area (Å²) >= 11 is 0. The van der Waals surface area contributed by atoms with Crippen LogP contribution >= 0.6 is 25.7 Å². The minimum absolute atomic E-state index is 0. The number of rotatable bonds is 2. The van der Waals surface area contributed by atoms with Gasteiger partial charge in [0.15, 0.2) is 10.1 Å². The highest BCUT2D eigenvalue weighted by atomic mass is 32.2. The fourth-order valence-corrected chi connectivity index (χ4v) is 2.57. The lowest BCUT2D eigenvalue weighted by molar-refractivity contribution is -0.0517. The van der Waals surface area contributed by atoms with Crippen molar-refractivity contribution in [2.75, 3.05) is 19.0 Å². The summed E-state index contributed by atoms with van der Waals surface area (Å²) in [4.78, 5) is 0. The molecule has 0 saturated heterocycles. The van der Waals surface area contributed by atoms with Crippen LogP contribution in [0.25, 0.3) is 0 Å². The molecule has 0 aromatic rings. The Morgan fingerprint density at radius 2 is 1.50 bits per heavy atom. The second-order valence-corrected chi connectivity index (χ2v) is 9.73. The number of hydrogen-bond donors (Lipinski definition) is 0. The molecule has 0 rings (SSSR count). The van der Waals surface area contributed by atoms with Crippen molar-refractivity contribution >= 4 is 35.8 Å². The largest absolute Gasteiger partial charge is 0.741 e. The highest BCUT2D eigenvalue weighted by molar-refractivity contribution is 7.86. The average Bonchev–Trinajstić information content (AvgIpc) is 2.24. The van der Waals surface area contributed by atoms with Gasteiger partial charge in [0.1, 0.15) is 0 Å². The van der Waals surface area contributed by atoms with E-state index in [2.05, 4.69) is 5.66 Å². The van der Waals surface area contributed by atoms with Crippen molar-refractivity contribution in [2.24, 2.45) is 0 Å². The number of hydrogen-bond acceptors (Lipinski definition) is 3. The highest BCUT2D eigenvalue weighted by Gasteiger charge is 2.36. The zero-order chi connectivity index (χ0) is 15.9. The summed E-state index contributed by atoms with van der Waals surface area (Å²) < 4.78 is 82.4. The fraction of sp³-hybridized carbons (Fsp3) is 0.750. The van der Waals surface area contributed by atoms with E-state index in [1.54, 1.807) is 0 Å². The molecule has 0 aromatic heterocycles. The summed E-state index contributed by atoms with van der Waals surface area (Å²) in [7, 11) is -10.4. The fourth-order valence-electron chi connectivity index (χ4n) is 0.540. The molecule has 0 N–H and O–H groups in total. The Morgan fingerprint density at radius 3 is 1.65 bits per heavy atom. The van der Waals surface area contributed by atoms with Gasteiger partial charge in [-0.25, -0.2) is 8.42 Å². The highest BCUT2D eigenvalue weighted by Crippen LogP contribution is 2.54. The maximum Gasteiger partial charge on any atom is 0.485 e. The Labute approximate surface area is 120 Å². The minimum Gasteiger partial charge on any atom is -0.741 e. The molecular formula is C8H16F5O3P3S. The van der Waals surface area contributed by atoms with Gasteiger partial charge in [-0.05, 0) is 13.8 Å². The Balaban J connectivity index is -0.000000288. The van der Waals surface area contributed by atoms with E-state index in [4.69, 9.17) is 13.0 Å². The maximum absolute atomic E-state index is 11.7. The van der Waals surface area contributed by atoms with Gasteiger partial charge in [-0.1, -0.05) is 0 Å². The van der Waals surface area contributed by atoms with Gasteiger partial charge >= 0.3 is 14.1 Å². The Morgan fingerprint density at radius 1 is 1.20 bits per heavy atom. The SMILES string of the molecule is CC[P+](C)(C#CP(F)F)CC.O=S(=O)([O-])C(F)(F)F.P. The van der Waals surface area contributed by atoms with E-state index in [1.165, 1.54) is 0 Å². The first-order chi connectivity index (χ1) is 8.29. The lowest BCUT2D eigenvalue weighted by Gasteiger charge is -2.09. The molecular weight excluding hydrogens is 364 g/mol. The van der Waals surface area contributed by atoms with E-state index in [0.717, 1.165) is 12.3 Å². The lowest BCUT2D eigenvalue weighted by atomic mass is 11.0. The molecule has 20 heavy (non-hydrogen) atoms. The van der Waals surface area contributed by atoms with Gasteiger partial charge in [-0.15, -0.1) is 0 Å². The van der Waals surface area contributed by atoms with E-state index >= 15 is 0 Å². The van der Waals surface area contributed by atoms with Crippen molar-refractivity contribution in [3.63, 3.8) is 0 Å². The first kappa shape index (κ1) is 25.4. The zero-order valence-electron chi connectivity index (χ0n) is 11.0. The van der Waals surface area contributed by atoms with Crippen molar-refractivity contribution in [2.45, 2.75) is 19.4 Å². The van der Waals surface area contributed by atoms with Gasteiger partial charge < -0.3 is 4.55 Å². The molecule has 0 aromatic carbocycles. The Bertz CT molecular complexity index is 423. The molecule has 1 unspecified atom stereocenters. The third kappa shape index (κ3) is 12.2. The van der Waals surface area contributed by atoms with Crippen LogP contribution in [0.2, 0.25) is 0 Å². The maximum atomic E-state index is 11.7. The number of halogens is 5. The van der Waals surface area contributed by atoms with Crippen molar-refractivity contribution in [1.29, 1.82) is 0 Å². The van der Waals surface area contributed by atoms with E-state index in [1.807, 2.05) is 26.2 Å². The van der Waals surface area contributed by atoms with Crippen molar-refractivity contribution in [3.8, 4) is 11.3 Å². The smallest absolute Gasteiger partial charge is 0.485 e. The Kier molecular flexibility index (Phi) is 12.9. The van der Waals surface area contributed by atoms with Crippen LogP contribution in [0.1, 0.15) is 13.8 Å². The lowest BCUT2D eigenvalue weighted by Crippen LogP contribution is -2.21. The average molecular weight is 380 g/mol. The summed E-state index contributed by atoms with van der Waals surface area (Å²) in [6.07, 6.45) is 1.89. The summed E-state index contributed by atoms with van der Waals surface area (Å²) in [6.45, 7) is 6.06. The van der Waals surface area contributed by atoms with Crippen molar-refractivity contribution in [3.05, 3.63) is 0 Å². The first-order valence-electron chi connectivity index (χ1n) is 4.80. The monoisotopic (exact) mass is 380 g/mol. The minimum atomic E-state index is -6.09. The first-order valence-corrected chi connectivity index (χ1v) is 9.94. The Hall–Kier alpha value is 0.410. The summed E-state index contributed by atoms with van der Waals surface area (Å²) in [5, 5.41) is 0. The van der Waals surface area contributed by atoms with Crippen molar-refractivity contribution in [1.82, 2.24) is 0 Å². The van der Waals surface area contributed by atoms with Crippen LogP contribution in [0.15, 0.2) is 0 Å². The third-order valence-corrected chi connectivity index (χ3v) is 6.55. The molecule has 0 fully saturated rings. The van der Waals surface area contributed by atoms with Gasteiger partial charge in [0.25, 0.3) is 0 Å². The topological polar surface area (TPSA) is 57.2 Å². The van der Waals surface area contributed by atoms with Gasteiger partial charge in [-0.2, -0.15) is 31.5 Å². The predicted molar refractivity (Wildman–Crippen MR) is 77.7 cm³/mol. The molecule has 0 heterocycles. The molecule has 12 heteroatoms. The van der Waals surface area contributed by atoms with Crippen LogP contribution in [0.4, 0.5) is 21.6 Å². The second kappa shape index (κ2) is 10.2. The second-order valence-electron chi connectivity index (χ2n) is 3.38. The van der Waals surface area contributed by atoms with Crippen LogP contribution < -0.4 is 0 Å². The molecule has 122 valence electrons. The van der Waals surface area contributed by atoms with Gasteiger partial charge in [-0.3, -0.25) is 0 Å². The van der Waals surface area contributed by atoms with Gasteiger partial charge in [0.2, 0.25) is 0 Å².